The van der Waals surface area contributed by atoms with Crippen molar-refractivity contribution in [3.63, 3.8) is 0 Å². The van der Waals surface area contributed by atoms with Crippen molar-refractivity contribution in [2.75, 3.05) is 0 Å². The van der Waals surface area contributed by atoms with Crippen LogP contribution in [-0.2, 0) is 46.8 Å². The van der Waals surface area contributed by atoms with Gasteiger partial charge in [-0.1, -0.05) is 220 Å². The Kier molecular flexibility index (Phi) is 22.2. The zero-order valence-corrected chi connectivity index (χ0v) is 68.5. The van der Waals surface area contributed by atoms with Crippen LogP contribution in [0.4, 0.5) is 4.39 Å². The Labute approximate surface area is 660 Å². The molecule has 18 rings (SSSR count). The van der Waals surface area contributed by atoms with Crippen molar-refractivity contribution >= 4 is 103 Å². The fourth-order valence-electron chi connectivity index (χ4n) is 13.9. The molecule has 0 saturated carbocycles. The van der Waals surface area contributed by atoms with Crippen molar-refractivity contribution in [1.29, 1.82) is 0 Å². The van der Waals surface area contributed by atoms with Crippen LogP contribution in [0.5, 0.6) is 0 Å². The van der Waals surface area contributed by atoms with Gasteiger partial charge in [-0.3, -0.25) is 9.97 Å². The Morgan fingerprint density at radius 3 is 1.69 bits per heavy atom. The average Bonchev–Trinajstić information content (AvgIpc) is 1.61. The van der Waals surface area contributed by atoms with Crippen LogP contribution in [0, 0.1) is 37.1 Å². The van der Waals surface area contributed by atoms with Gasteiger partial charge in [-0.2, -0.15) is 9.37 Å². The van der Waals surface area contributed by atoms with Crippen molar-refractivity contribution in [2.24, 2.45) is 0 Å². The number of pyridine rings is 4. The molecule has 8 aromatic heterocycles. The SMILES string of the molecule is CCn1c(-c2[c-]ccc3c2oc2nc(F)ccc23)nc2ccccc21.C[Si](C)(C)c1ccc(-c2[c-]cccc2)nc1.Cc1ccc2c(n1)oc1c(-c3nc4ccccc4n3-c3c(-c4ccccc4)ccc4ccccc34)[c-]ccc12.[2H]C(C)(c1cc(-c2[c-]cccc2)ncc1[Si](C)(C)C)C(C)c1ccccc1.[Ir].[Ir]. The molecule has 2 radical (unpaired) electrons. The van der Waals surface area contributed by atoms with Crippen molar-refractivity contribution in [3.8, 4) is 62.1 Å². The van der Waals surface area contributed by atoms with Crippen LogP contribution in [0.15, 0.2) is 282 Å². The van der Waals surface area contributed by atoms with Crippen LogP contribution >= 0.6 is 0 Å². The predicted octanol–water partition coefficient (Wildman–Crippen LogP) is 23.0. The van der Waals surface area contributed by atoms with E-state index in [1.54, 1.807) is 6.07 Å². The first-order chi connectivity index (χ1) is 51.8. The number of rotatable bonds is 12. The molecule has 10 nitrogen and oxygen atoms in total. The minimum atomic E-state index is -1.65. The number of hydrogen-bond acceptors (Lipinski definition) is 8. The molecular weight excluding hydrogens is 1720 g/mol. The number of aromatic nitrogens is 8. The van der Waals surface area contributed by atoms with Crippen molar-refractivity contribution in [3.05, 3.63) is 320 Å². The standard InChI is InChI=1S/C35H22N3O.C24H28NSi.C20H13FN3O.C14H16NSi.2Ir/c1-22-18-20-28-27-14-9-15-29(33(27)39-35(28)36-22)34-37-30-16-7-8-17-31(30)38(34)32-25-13-6-5-12-24(25)19-21-26(32)23-10-3-2-4-11-23;1-18(20-12-8-6-9-13-20)19(2)22-16-23(21-14-10-7-11-15-21)25-17-24(22)26(3,4)5;1-2-24-16-9-4-3-8-15(16)22-19(24)14-7-5-6-12-13-10-11-17(21)23-20(13)25-18(12)14;1-16(2,3)13-9-10-14(15-11-13)12-7-5-4-6-8-12;;/h2-14,16-21H,1H3;6-14,16-19H,1-5H3;3-6,8-11H,2H2,1H3;4-7,9-11H,1-3H3;;/q4*-1;;/i;19D;;;;. The maximum Gasteiger partial charge on any atom is 0.218 e. The van der Waals surface area contributed by atoms with E-state index in [1.165, 1.54) is 27.4 Å². The Bertz CT molecular complexity index is 6240. The van der Waals surface area contributed by atoms with Crippen molar-refractivity contribution in [1.82, 2.24) is 39.0 Å². The smallest absolute Gasteiger partial charge is 0.218 e. The Morgan fingerprint density at radius 1 is 0.491 bits per heavy atom. The van der Waals surface area contributed by atoms with Gasteiger partial charge in [0.1, 0.15) is 0 Å². The van der Waals surface area contributed by atoms with E-state index in [-0.39, 0.29) is 51.8 Å². The number of benzene rings is 10. The van der Waals surface area contributed by atoms with Gasteiger partial charge in [-0.25, -0.2) is 4.98 Å². The monoisotopic (exact) mass is 1800 g/mol. The predicted molar refractivity (Wildman–Crippen MR) is 439 cm³/mol. The zero-order chi connectivity index (χ0) is 74.1. The summed E-state index contributed by atoms with van der Waals surface area (Å²) in [6.07, 6.45) is 4.03. The van der Waals surface area contributed by atoms with E-state index in [4.69, 9.17) is 23.8 Å². The van der Waals surface area contributed by atoms with E-state index < -0.39 is 28.0 Å². The van der Waals surface area contributed by atoms with Crippen LogP contribution in [0.25, 0.3) is 139 Å². The molecule has 2 unspecified atom stereocenters. The first-order valence-electron chi connectivity index (χ1n) is 36.4. The van der Waals surface area contributed by atoms with Gasteiger partial charge in [0.05, 0.1) is 66.7 Å². The fraction of sp³-hybridized carbons (Fsp3) is 0.140. The summed E-state index contributed by atoms with van der Waals surface area (Å²) in [7, 11) is -2.88. The number of fused-ring (bicyclic) bond motifs is 9. The average molecular weight is 1800 g/mol. The summed E-state index contributed by atoms with van der Waals surface area (Å²) in [4.78, 5) is 27.7. The van der Waals surface area contributed by atoms with Crippen LogP contribution in [0.3, 0.4) is 0 Å². The third kappa shape index (κ3) is 15.4. The summed E-state index contributed by atoms with van der Waals surface area (Å²) < 4.78 is 39.5. The molecule has 15 heteroatoms. The quantitative estimate of drug-likeness (QED) is 0.0675. The molecule has 540 valence electrons. The van der Waals surface area contributed by atoms with Gasteiger partial charge in [-0.15, -0.1) is 108 Å². The van der Waals surface area contributed by atoms with Gasteiger partial charge >= 0.3 is 0 Å². The van der Waals surface area contributed by atoms with Gasteiger partial charge in [0.15, 0.2) is 0 Å². The molecule has 0 aliphatic carbocycles. The zero-order valence-electron chi connectivity index (χ0n) is 62.7. The first kappa shape index (κ1) is 74.1. The van der Waals surface area contributed by atoms with Crippen LogP contribution in [0.1, 0.15) is 50.8 Å². The minimum absolute atomic E-state index is 0. The third-order valence-corrected chi connectivity index (χ3v) is 23.6. The molecule has 108 heavy (non-hydrogen) atoms. The molecule has 0 amide bonds. The Hall–Kier alpha value is -10.7. The molecule has 18 aromatic rings. The van der Waals surface area contributed by atoms with Gasteiger partial charge in [0.25, 0.3) is 0 Å². The largest absolute Gasteiger partial charge is 0.486 e. The van der Waals surface area contributed by atoms with Gasteiger partial charge in [0, 0.05) is 87.9 Å². The van der Waals surface area contributed by atoms with Crippen LogP contribution in [0.2, 0.25) is 39.3 Å². The summed E-state index contributed by atoms with van der Waals surface area (Å²) in [5.74, 6) is 0.338. The van der Waals surface area contributed by atoms with E-state index in [1.807, 2.05) is 142 Å². The fourth-order valence-corrected chi connectivity index (χ4v) is 16.4. The summed E-state index contributed by atoms with van der Waals surface area (Å²) in [6.45, 7) is 23.0. The van der Waals surface area contributed by atoms with E-state index >= 15 is 0 Å². The Balaban J connectivity index is 0.000000133. The minimum Gasteiger partial charge on any atom is -0.486 e. The van der Waals surface area contributed by atoms with Crippen LogP contribution < -0.4 is 10.4 Å². The summed E-state index contributed by atoms with van der Waals surface area (Å²) in [6, 6.07) is 100. The number of aryl methyl sites for hydroxylation is 2. The molecule has 10 aromatic carbocycles. The molecule has 0 aliphatic heterocycles. The number of halogens is 1. The van der Waals surface area contributed by atoms with E-state index in [2.05, 4.69) is 235 Å². The molecule has 0 spiro atoms. The van der Waals surface area contributed by atoms with Gasteiger partial charge in [0.2, 0.25) is 17.4 Å². The molecule has 0 fully saturated rings. The first-order valence-corrected chi connectivity index (χ1v) is 42.9. The second kappa shape index (κ2) is 32.4. The normalized spacial score (nSPS) is 12.5. The maximum absolute atomic E-state index is 13.5. The summed E-state index contributed by atoms with van der Waals surface area (Å²) in [5, 5.41) is 8.64. The van der Waals surface area contributed by atoms with Crippen molar-refractivity contribution in [2.45, 2.75) is 85.3 Å². The summed E-state index contributed by atoms with van der Waals surface area (Å²) >= 11 is 0. The maximum atomic E-state index is 13.5. The van der Waals surface area contributed by atoms with Gasteiger partial charge in [-0.05, 0) is 112 Å². The van der Waals surface area contributed by atoms with Gasteiger partial charge < -0.3 is 27.9 Å². The second-order valence-corrected chi connectivity index (χ2v) is 38.7. The Morgan fingerprint density at radius 2 is 1.06 bits per heavy atom. The topological polar surface area (TPSA) is 113 Å². The molecule has 0 saturated heterocycles. The second-order valence-electron chi connectivity index (χ2n) is 28.6. The van der Waals surface area contributed by atoms with Crippen molar-refractivity contribution < 1.29 is 54.8 Å². The van der Waals surface area contributed by atoms with E-state index in [0.717, 1.165) is 134 Å². The molecule has 0 bridgehead atoms. The number of imidazole rings is 2. The van der Waals surface area contributed by atoms with E-state index in [9.17, 15) is 5.76 Å². The third-order valence-electron chi connectivity index (χ3n) is 19.6. The molecule has 0 N–H and O–H groups in total. The number of hydrogen-bond donors (Lipinski definition) is 0. The molecular formula is C93H79FIr2N8O2Si2-4. The number of para-hydroxylation sites is 4. The molecule has 8 heterocycles. The molecule has 0 aliphatic rings. The summed E-state index contributed by atoms with van der Waals surface area (Å²) in [5.41, 5.74) is 18.3. The van der Waals surface area contributed by atoms with Crippen LogP contribution in [-0.4, -0.2) is 55.2 Å². The number of nitrogens with zero attached hydrogens (tertiary/aromatic N) is 8. The number of furan rings is 2. The molecule has 2 atom stereocenters. The van der Waals surface area contributed by atoms with E-state index in [0.29, 0.717) is 11.3 Å².